The highest BCUT2D eigenvalue weighted by atomic mass is 19.1. The molecule has 2 fully saturated rings. The number of carbonyl (C=O) groups is 2. The van der Waals surface area contributed by atoms with Crippen LogP contribution in [0.1, 0.15) is 37.8 Å². The van der Waals surface area contributed by atoms with E-state index in [4.69, 9.17) is 10.8 Å². The van der Waals surface area contributed by atoms with E-state index < -0.39 is 23.4 Å². The molecule has 5 rings (SSSR count). The fourth-order valence-corrected chi connectivity index (χ4v) is 4.97. The van der Waals surface area contributed by atoms with Crippen molar-refractivity contribution in [1.29, 1.82) is 0 Å². The highest BCUT2D eigenvalue weighted by Crippen LogP contribution is 2.39. The van der Waals surface area contributed by atoms with Gasteiger partial charge in [0.15, 0.2) is 17.4 Å². The van der Waals surface area contributed by atoms with Gasteiger partial charge < -0.3 is 30.4 Å². The van der Waals surface area contributed by atoms with Crippen molar-refractivity contribution in [1.82, 2.24) is 14.9 Å². The molecule has 1 amide bonds. The van der Waals surface area contributed by atoms with Crippen LogP contribution in [0.15, 0.2) is 47.4 Å². The predicted molar refractivity (Wildman–Crippen MR) is 139 cm³/mol. The van der Waals surface area contributed by atoms with Gasteiger partial charge in [-0.05, 0) is 37.3 Å². The van der Waals surface area contributed by atoms with Crippen molar-refractivity contribution in [2.24, 2.45) is 11.1 Å². The second-order valence-electron chi connectivity index (χ2n) is 10.5. The summed E-state index contributed by atoms with van der Waals surface area (Å²) in [5.41, 5.74) is 6.33. The number of hydrogen-bond donors (Lipinski definition) is 3. The second-order valence-corrected chi connectivity index (χ2v) is 10.5. The largest absolute Gasteiger partial charge is 0.511 e. The summed E-state index contributed by atoms with van der Waals surface area (Å²) in [5, 5.41) is 11.9. The Morgan fingerprint density at radius 3 is 2.74 bits per heavy atom. The molecule has 1 aromatic carbocycles. The van der Waals surface area contributed by atoms with E-state index >= 15 is 4.39 Å². The van der Waals surface area contributed by atoms with Crippen LogP contribution < -0.4 is 26.1 Å². The second kappa shape index (κ2) is 10.1. The number of aromatic nitrogens is 2. The first kappa shape index (κ1) is 25.7. The molecule has 2 aliphatic rings. The van der Waals surface area contributed by atoms with Gasteiger partial charge in [0.2, 0.25) is 11.3 Å². The summed E-state index contributed by atoms with van der Waals surface area (Å²) in [4.78, 5) is 42.8. The summed E-state index contributed by atoms with van der Waals surface area (Å²) in [7, 11) is 0. The van der Waals surface area contributed by atoms with Crippen LogP contribution in [0.5, 0.6) is 5.75 Å². The molecule has 0 bridgehead atoms. The lowest BCUT2D eigenvalue weighted by atomic mass is 9.89. The lowest BCUT2D eigenvalue weighted by molar-refractivity contribution is -0.122. The molecule has 3 heterocycles. The summed E-state index contributed by atoms with van der Waals surface area (Å²) in [6, 6.07) is 10.0. The van der Waals surface area contributed by atoms with Gasteiger partial charge in [0.05, 0.1) is 17.6 Å². The Hall–Kier alpha value is -3.99. The number of nitrogens with zero attached hydrogens (tertiary/aromatic N) is 3. The number of halogens is 1. The molecule has 4 N–H and O–H groups in total. The third-order valence-electron chi connectivity index (χ3n) is 7.23. The number of nitrogens with one attached hydrogen (secondary N) is 1. The third-order valence-corrected chi connectivity index (χ3v) is 7.23. The third kappa shape index (κ3) is 5.33. The molecule has 3 aromatic rings. The van der Waals surface area contributed by atoms with E-state index in [0.717, 1.165) is 24.5 Å². The maximum Gasteiger partial charge on any atom is 0.511 e. The first-order valence-corrected chi connectivity index (χ1v) is 12.6. The molecule has 38 heavy (non-hydrogen) atoms. The fraction of sp³-hybridized carbons (Fsp3) is 0.407. The van der Waals surface area contributed by atoms with Gasteiger partial charge in [-0.15, -0.1) is 0 Å². The zero-order chi connectivity index (χ0) is 27.0. The van der Waals surface area contributed by atoms with Crippen molar-refractivity contribution in [3.63, 3.8) is 0 Å². The number of fused-ring (bicyclic) bond motifs is 1. The van der Waals surface area contributed by atoms with Crippen LogP contribution in [0.3, 0.4) is 0 Å². The number of rotatable bonds is 8. The van der Waals surface area contributed by atoms with Crippen LogP contribution in [0, 0.1) is 11.2 Å². The average molecular weight is 524 g/mol. The smallest absolute Gasteiger partial charge is 0.449 e. The molecule has 1 saturated carbocycles. The Bertz CT molecular complexity index is 1440. The molecule has 1 aliphatic heterocycles. The van der Waals surface area contributed by atoms with Gasteiger partial charge in [-0.25, -0.2) is 14.2 Å². The molecular weight excluding hydrogens is 493 g/mol. The Morgan fingerprint density at radius 1 is 1.32 bits per heavy atom. The highest BCUT2D eigenvalue weighted by Gasteiger charge is 2.37. The van der Waals surface area contributed by atoms with Crippen molar-refractivity contribution >= 4 is 28.9 Å². The van der Waals surface area contributed by atoms with Gasteiger partial charge in [0.25, 0.3) is 0 Å². The van der Waals surface area contributed by atoms with E-state index in [9.17, 15) is 14.4 Å². The quantitative estimate of drug-likeness (QED) is 0.383. The van der Waals surface area contributed by atoms with Gasteiger partial charge >= 0.3 is 6.16 Å². The lowest BCUT2D eigenvalue weighted by Crippen LogP contribution is -2.46. The molecule has 1 aliphatic carbocycles. The van der Waals surface area contributed by atoms with Crippen LogP contribution >= 0.6 is 0 Å². The Balaban J connectivity index is 1.32. The molecule has 2 atom stereocenters. The number of hydrogen-bond acceptors (Lipinski definition) is 7. The SMILES string of the molecule is CC1(CNC(=O)C(N)Cc2ccccc2)CCN(c2nc3c(cc2F)c(=O)c(OC(=O)O)cn3C2CC2)C1. The minimum Gasteiger partial charge on any atom is -0.449 e. The van der Waals surface area contributed by atoms with Gasteiger partial charge in [0.1, 0.15) is 5.65 Å². The Labute approximate surface area is 218 Å². The standard InChI is InChI=1S/C27H30FN5O5/c1-27(14-30-25(35)20(29)11-16-5-3-2-4-6-16)9-10-32(15-27)24-19(28)12-18-22(34)21(38-26(36)37)13-33(17-7-8-17)23(18)31-24/h2-6,12-13,17,20H,7-11,14-15,29H2,1H3,(H,30,35)(H,36,37). The van der Waals surface area contributed by atoms with Crippen LogP contribution in [0.2, 0.25) is 0 Å². The number of anilines is 1. The van der Waals surface area contributed by atoms with E-state index in [1.807, 2.05) is 42.2 Å². The maximum absolute atomic E-state index is 15.3. The first-order chi connectivity index (χ1) is 18.1. The summed E-state index contributed by atoms with van der Waals surface area (Å²) < 4.78 is 21.6. The maximum atomic E-state index is 15.3. The zero-order valence-corrected chi connectivity index (χ0v) is 21.0. The number of carboxylic acid groups (broad SMARTS) is 1. The molecule has 1 saturated heterocycles. The number of benzene rings is 1. The molecule has 10 nitrogen and oxygen atoms in total. The molecule has 200 valence electrons. The topological polar surface area (TPSA) is 140 Å². The van der Waals surface area contributed by atoms with E-state index in [-0.39, 0.29) is 34.3 Å². The Morgan fingerprint density at radius 2 is 2.05 bits per heavy atom. The number of pyridine rings is 2. The molecule has 11 heteroatoms. The van der Waals surface area contributed by atoms with Crippen LogP contribution in [-0.4, -0.2) is 52.4 Å². The number of ether oxygens (including phenoxy) is 1. The Kier molecular flexibility index (Phi) is 6.78. The van der Waals surface area contributed by atoms with Gasteiger partial charge in [0, 0.05) is 31.1 Å². The van der Waals surface area contributed by atoms with Crippen molar-refractivity contribution in [3.05, 3.63) is 64.2 Å². The van der Waals surface area contributed by atoms with Crippen LogP contribution in [0.25, 0.3) is 11.0 Å². The van der Waals surface area contributed by atoms with E-state index in [1.54, 1.807) is 4.57 Å². The zero-order valence-electron chi connectivity index (χ0n) is 21.0. The number of carbonyl (C=O) groups excluding carboxylic acids is 1. The van der Waals surface area contributed by atoms with Gasteiger partial charge in [-0.2, -0.15) is 0 Å². The molecule has 0 spiro atoms. The van der Waals surface area contributed by atoms with Gasteiger partial charge in [-0.3, -0.25) is 9.59 Å². The summed E-state index contributed by atoms with van der Waals surface area (Å²) in [6.07, 6.45) is 2.54. The summed E-state index contributed by atoms with van der Waals surface area (Å²) >= 11 is 0. The molecule has 2 aromatic heterocycles. The summed E-state index contributed by atoms with van der Waals surface area (Å²) in [6.45, 7) is 3.36. The first-order valence-electron chi connectivity index (χ1n) is 12.6. The monoisotopic (exact) mass is 523 g/mol. The van der Waals surface area contributed by atoms with E-state index in [1.165, 1.54) is 6.20 Å². The fourth-order valence-electron chi connectivity index (χ4n) is 4.97. The number of nitrogens with two attached hydrogens (primary N) is 1. The van der Waals surface area contributed by atoms with Crippen LogP contribution in [0.4, 0.5) is 15.0 Å². The number of amides is 1. The normalized spacial score (nSPS) is 19.9. The molecule has 0 radical (unpaired) electrons. The summed E-state index contributed by atoms with van der Waals surface area (Å²) in [5.74, 6) is -1.17. The van der Waals surface area contributed by atoms with Gasteiger partial charge in [-0.1, -0.05) is 37.3 Å². The average Bonchev–Trinajstić information content (AvgIpc) is 3.66. The van der Waals surface area contributed by atoms with E-state index in [0.29, 0.717) is 38.1 Å². The minimum atomic E-state index is -1.61. The van der Waals surface area contributed by atoms with Crippen molar-refractivity contribution < 1.29 is 23.8 Å². The van der Waals surface area contributed by atoms with Crippen molar-refractivity contribution in [3.8, 4) is 5.75 Å². The highest BCUT2D eigenvalue weighted by molar-refractivity contribution is 5.82. The van der Waals surface area contributed by atoms with Crippen molar-refractivity contribution in [2.75, 3.05) is 24.5 Å². The van der Waals surface area contributed by atoms with E-state index in [2.05, 4.69) is 15.0 Å². The molecular formula is C27H30FN5O5. The minimum absolute atomic E-state index is 0.0291. The predicted octanol–water partition coefficient (Wildman–Crippen LogP) is 2.83. The lowest BCUT2D eigenvalue weighted by Gasteiger charge is -2.26. The van der Waals surface area contributed by atoms with Crippen molar-refractivity contribution in [2.45, 2.75) is 44.7 Å². The van der Waals surface area contributed by atoms with Crippen LogP contribution in [-0.2, 0) is 11.2 Å². The molecule has 2 unspecified atom stereocenters.